The SMILES string of the molecule is C[C@@H](NC(=O)OC(C)(C)C)C(=O)CC#N. The summed E-state index contributed by atoms with van der Waals surface area (Å²) in [4.78, 5) is 22.4. The van der Waals surface area contributed by atoms with Gasteiger partial charge in [0.15, 0.2) is 5.78 Å². The van der Waals surface area contributed by atoms with E-state index >= 15 is 0 Å². The van der Waals surface area contributed by atoms with Gasteiger partial charge in [-0.2, -0.15) is 5.26 Å². The molecule has 0 heterocycles. The van der Waals surface area contributed by atoms with Crippen molar-refractivity contribution in [1.29, 1.82) is 5.26 Å². The highest BCUT2D eigenvalue weighted by atomic mass is 16.6. The van der Waals surface area contributed by atoms with Crippen LogP contribution < -0.4 is 5.32 Å². The Balaban J connectivity index is 4.09. The van der Waals surface area contributed by atoms with Crippen molar-refractivity contribution in [3.05, 3.63) is 0 Å². The fourth-order valence-electron chi connectivity index (χ4n) is 0.796. The number of ether oxygens (including phenoxy) is 1. The Morgan fingerprint density at radius 3 is 2.40 bits per heavy atom. The number of nitriles is 1. The second-order valence-corrected chi connectivity index (χ2v) is 4.17. The number of hydrogen-bond donors (Lipinski definition) is 1. The van der Waals surface area contributed by atoms with Crippen molar-refractivity contribution in [2.24, 2.45) is 0 Å². The van der Waals surface area contributed by atoms with Crippen molar-refractivity contribution in [3.8, 4) is 6.07 Å². The number of amides is 1. The quantitative estimate of drug-likeness (QED) is 0.766. The maximum absolute atomic E-state index is 11.2. The Morgan fingerprint density at radius 1 is 1.47 bits per heavy atom. The average Bonchev–Trinajstić information content (AvgIpc) is 2.00. The van der Waals surface area contributed by atoms with E-state index in [1.807, 2.05) is 0 Å². The zero-order chi connectivity index (χ0) is 12.1. The number of Topliss-reactive ketones (excluding diaryl/α,β-unsaturated/α-hetero) is 1. The molecule has 0 fully saturated rings. The van der Waals surface area contributed by atoms with Gasteiger partial charge >= 0.3 is 6.09 Å². The second kappa shape index (κ2) is 5.35. The molecule has 1 atom stereocenters. The van der Waals surface area contributed by atoms with Crippen molar-refractivity contribution in [3.63, 3.8) is 0 Å². The third-order valence-corrected chi connectivity index (χ3v) is 1.47. The van der Waals surface area contributed by atoms with E-state index in [4.69, 9.17) is 10.00 Å². The van der Waals surface area contributed by atoms with Gasteiger partial charge in [-0.05, 0) is 27.7 Å². The van der Waals surface area contributed by atoms with Gasteiger partial charge < -0.3 is 10.1 Å². The molecule has 15 heavy (non-hydrogen) atoms. The molecule has 0 saturated carbocycles. The first kappa shape index (κ1) is 13.4. The zero-order valence-corrected chi connectivity index (χ0v) is 9.46. The molecular formula is C10H16N2O3. The third kappa shape index (κ3) is 6.49. The number of nitrogens with zero attached hydrogens (tertiary/aromatic N) is 1. The average molecular weight is 212 g/mol. The van der Waals surface area contributed by atoms with Crippen LogP contribution in [0.25, 0.3) is 0 Å². The topological polar surface area (TPSA) is 79.2 Å². The smallest absolute Gasteiger partial charge is 0.408 e. The number of alkyl carbamates (subject to hydrolysis) is 1. The summed E-state index contributed by atoms with van der Waals surface area (Å²) in [7, 11) is 0. The van der Waals surface area contributed by atoms with Crippen molar-refractivity contribution in [2.75, 3.05) is 0 Å². The molecule has 0 aromatic rings. The number of nitrogens with one attached hydrogen (secondary N) is 1. The third-order valence-electron chi connectivity index (χ3n) is 1.47. The van der Waals surface area contributed by atoms with Crippen LogP contribution in [0.3, 0.4) is 0 Å². The van der Waals surface area contributed by atoms with Crippen LogP contribution in [-0.2, 0) is 9.53 Å². The standard InChI is InChI=1S/C10H16N2O3/c1-7(8(13)5-6-11)12-9(14)15-10(2,3)4/h7H,5H2,1-4H3,(H,12,14)/t7-/m1/s1. The Kier molecular flexibility index (Phi) is 4.79. The van der Waals surface area contributed by atoms with Gasteiger partial charge in [-0.3, -0.25) is 4.79 Å². The molecule has 1 N–H and O–H groups in total. The largest absolute Gasteiger partial charge is 0.444 e. The molecule has 0 aliphatic carbocycles. The number of rotatable bonds is 3. The lowest BCUT2D eigenvalue weighted by Crippen LogP contribution is -2.41. The summed E-state index contributed by atoms with van der Waals surface area (Å²) in [6, 6.07) is 1.03. The normalized spacial score (nSPS) is 12.5. The lowest BCUT2D eigenvalue weighted by molar-refractivity contribution is -0.119. The van der Waals surface area contributed by atoms with Gasteiger partial charge in [0, 0.05) is 0 Å². The molecule has 0 unspecified atom stereocenters. The first-order chi connectivity index (χ1) is 6.76. The molecule has 0 radical (unpaired) electrons. The first-order valence-electron chi connectivity index (χ1n) is 4.65. The highest BCUT2D eigenvalue weighted by Gasteiger charge is 2.20. The van der Waals surface area contributed by atoms with Crippen molar-refractivity contribution >= 4 is 11.9 Å². The summed E-state index contributed by atoms with van der Waals surface area (Å²) in [5, 5.41) is 10.7. The lowest BCUT2D eigenvalue weighted by Gasteiger charge is -2.21. The molecule has 0 aliphatic rings. The highest BCUT2D eigenvalue weighted by Crippen LogP contribution is 2.06. The van der Waals surface area contributed by atoms with Gasteiger partial charge in [0.2, 0.25) is 0 Å². The van der Waals surface area contributed by atoms with Crippen LogP contribution in [-0.4, -0.2) is 23.5 Å². The fraction of sp³-hybridized carbons (Fsp3) is 0.700. The molecule has 0 aromatic heterocycles. The van der Waals surface area contributed by atoms with Crippen molar-refractivity contribution in [1.82, 2.24) is 5.32 Å². The molecule has 84 valence electrons. The van der Waals surface area contributed by atoms with Crippen LogP contribution in [0.5, 0.6) is 0 Å². The van der Waals surface area contributed by atoms with Crippen LogP contribution in [0.4, 0.5) is 4.79 Å². The predicted molar refractivity (Wildman–Crippen MR) is 54.1 cm³/mol. The summed E-state index contributed by atoms with van der Waals surface area (Å²) in [6.45, 7) is 6.71. The summed E-state index contributed by atoms with van der Waals surface area (Å²) in [5.74, 6) is -0.330. The Labute approximate surface area is 89.4 Å². The van der Waals surface area contributed by atoms with Crippen molar-refractivity contribution in [2.45, 2.75) is 45.8 Å². The van der Waals surface area contributed by atoms with Crippen molar-refractivity contribution < 1.29 is 14.3 Å². The molecular weight excluding hydrogens is 196 g/mol. The van der Waals surface area contributed by atoms with E-state index in [9.17, 15) is 9.59 Å². The van der Waals surface area contributed by atoms with E-state index in [0.717, 1.165) is 0 Å². The number of ketones is 1. The minimum atomic E-state index is -0.695. The van der Waals surface area contributed by atoms with Crippen LogP contribution >= 0.6 is 0 Å². The molecule has 0 aromatic carbocycles. The van der Waals surface area contributed by atoms with Crippen LogP contribution in [0.2, 0.25) is 0 Å². The van der Waals surface area contributed by atoms with Crippen LogP contribution in [0.1, 0.15) is 34.1 Å². The lowest BCUT2D eigenvalue weighted by atomic mass is 10.2. The number of carbonyl (C=O) groups excluding carboxylic acids is 2. The Bertz CT molecular complexity index is 286. The minimum Gasteiger partial charge on any atom is -0.444 e. The van der Waals surface area contributed by atoms with Gasteiger partial charge in [-0.15, -0.1) is 0 Å². The van der Waals surface area contributed by atoms with E-state index in [2.05, 4.69) is 5.32 Å². The van der Waals surface area contributed by atoms with E-state index in [-0.39, 0.29) is 12.2 Å². The van der Waals surface area contributed by atoms with Crippen LogP contribution in [0.15, 0.2) is 0 Å². The molecule has 0 aliphatic heterocycles. The highest BCUT2D eigenvalue weighted by molar-refractivity contribution is 5.88. The predicted octanol–water partition coefficient (Wildman–Crippen LogP) is 1.38. The first-order valence-corrected chi connectivity index (χ1v) is 4.65. The van der Waals surface area contributed by atoms with Gasteiger partial charge in [-0.25, -0.2) is 4.79 Å². The maximum atomic E-state index is 11.2. The van der Waals surface area contributed by atoms with E-state index in [1.54, 1.807) is 26.8 Å². The monoisotopic (exact) mass is 212 g/mol. The summed E-state index contributed by atoms with van der Waals surface area (Å²) in [6.07, 6.45) is -0.863. The molecule has 0 rings (SSSR count). The summed E-state index contributed by atoms with van der Waals surface area (Å²) < 4.78 is 4.95. The summed E-state index contributed by atoms with van der Waals surface area (Å²) in [5.41, 5.74) is -0.595. The summed E-state index contributed by atoms with van der Waals surface area (Å²) >= 11 is 0. The molecule has 0 saturated heterocycles. The van der Waals surface area contributed by atoms with Gasteiger partial charge in [-0.1, -0.05) is 0 Å². The number of carbonyl (C=O) groups is 2. The Hall–Kier alpha value is -1.57. The van der Waals surface area contributed by atoms with Crippen LogP contribution in [0, 0.1) is 11.3 Å². The van der Waals surface area contributed by atoms with E-state index < -0.39 is 17.7 Å². The van der Waals surface area contributed by atoms with Gasteiger partial charge in [0.05, 0.1) is 18.5 Å². The maximum Gasteiger partial charge on any atom is 0.408 e. The Morgan fingerprint density at radius 2 is 2.00 bits per heavy atom. The fourth-order valence-corrected chi connectivity index (χ4v) is 0.796. The second-order valence-electron chi connectivity index (χ2n) is 4.17. The zero-order valence-electron chi connectivity index (χ0n) is 9.46. The van der Waals surface area contributed by atoms with Gasteiger partial charge in [0.25, 0.3) is 0 Å². The van der Waals surface area contributed by atoms with E-state index in [1.165, 1.54) is 6.92 Å². The molecule has 0 bridgehead atoms. The molecule has 0 spiro atoms. The molecule has 5 nitrogen and oxygen atoms in total. The number of hydrogen-bond acceptors (Lipinski definition) is 4. The molecule has 1 amide bonds. The minimum absolute atomic E-state index is 0.211. The molecule has 5 heteroatoms. The van der Waals surface area contributed by atoms with E-state index in [0.29, 0.717) is 0 Å². The van der Waals surface area contributed by atoms with Gasteiger partial charge in [0.1, 0.15) is 5.60 Å².